The first-order valence-corrected chi connectivity index (χ1v) is 7.88. The predicted molar refractivity (Wildman–Crippen MR) is 75.2 cm³/mol. The number of nitrogens with zero attached hydrogens (tertiary/aromatic N) is 2. The minimum Gasteiger partial charge on any atom is -0.279 e. The molecule has 23 heavy (non-hydrogen) atoms. The van der Waals surface area contributed by atoms with Gasteiger partial charge < -0.3 is 0 Å². The van der Waals surface area contributed by atoms with Crippen molar-refractivity contribution in [3.8, 4) is 0 Å². The fraction of sp³-hybridized carbons (Fsp3) is 0.250. The maximum Gasteiger partial charge on any atom is 0.418 e. The Labute approximate surface area is 133 Å². The van der Waals surface area contributed by atoms with Crippen LogP contribution in [-0.2, 0) is 23.2 Å². The van der Waals surface area contributed by atoms with Crippen LogP contribution in [0.1, 0.15) is 11.3 Å². The van der Waals surface area contributed by atoms with E-state index in [0.29, 0.717) is 12.1 Å². The number of aromatic nitrogens is 2. The highest BCUT2D eigenvalue weighted by Gasteiger charge is 2.36. The lowest BCUT2D eigenvalue weighted by Crippen LogP contribution is -2.18. The lowest BCUT2D eigenvalue weighted by Gasteiger charge is -2.14. The van der Waals surface area contributed by atoms with Crippen molar-refractivity contribution in [3.05, 3.63) is 40.4 Å². The van der Waals surface area contributed by atoms with E-state index in [0.717, 1.165) is 4.68 Å². The summed E-state index contributed by atoms with van der Waals surface area (Å²) in [5.41, 5.74) is -2.24. The summed E-state index contributed by atoms with van der Waals surface area (Å²) in [6, 6.07) is 1.61. The summed E-state index contributed by atoms with van der Waals surface area (Å²) in [6.07, 6.45) is -4.94. The second-order valence-electron chi connectivity index (χ2n) is 4.62. The van der Waals surface area contributed by atoms with Crippen molar-refractivity contribution >= 4 is 27.3 Å². The van der Waals surface area contributed by atoms with Crippen molar-refractivity contribution in [2.24, 2.45) is 7.05 Å². The van der Waals surface area contributed by atoms with E-state index in [-0.39, 0.29) is 16.9 Å². The van der Waals surface area contributed by atoms with Crippen LogP contribution in [0, 0.1) is 12.7 Å². The summed E-state index contributed by atoms with van der Waals surface area (Å²) in [4.78, 5) is -0.445. The SMILES string of the molecule is Cc1nn(C)c(Cl)c1S(=O)(=O)Nc1ccc(F)cc1C(F)(F)F. The molecule has 1 N–H and O–H groups in total. The van der Waals surface area contributed by atoms with Gasteiger partial charge in [-0.1, -0.05) is 11.6 Å². The number of halogens is 5. The molecular formula is C12H10ClF4N3O2S. The van der Waals surface area contributed by atoms with Crippen molar-refractivity contribution in [3.63, 3.8) is 0 Å². The minimum atomic E-state index is -4.94. The van der Waals surface area contributed by atoms with E-state index in [1.54, 1.807) is 4.72 Å². The first-order chi connectivity index (χ1) is 10.4. The van der Waals surface area contributed by atoms with E-state index in [2.05, 4.69) is 5.10 Å². The second-order valence-corrected chi connectivity index (χ2v) is 6.60. The highest BCUT2D eigenvalue weighted by Crippen LogP contribution is 2.37. The number of sulfonamides is 1. The van der Waals surface area contributed by atoms with Crippen LogP contribution in [0.5, 0.6) is 0 Å². The Morgan fingerprint density at radius 3 is 2.39 bits per heavy atom. The maximum atomic E-state index is 13.1. The molecule has 0 spiro atoms. The van der Waals surface area contributed by atoms with Gasteiger partial charge in [0.15, 0.2) is 0 Å². The van der Waals surface area contributed by atoms with Gasteiger partial charge in [0.05, 0.1) is 16.9 Å². The van der Waals surface area contributed by atoms with Crippen LogP contribution in [0.3, 0.4) is 0 Å². The van der Waals surface area contributed by atoms with Crippen molar-refractivity contribution in [1.82, 2.24) is 9.78 Å². The summed E-state index contributed by atoms with van der Waals surface area (Å²) < 4.78 is 79.3. The fourth-order valence-electron chi connectivity index (χ4n) is 1.95. The molecule has 0 saturated heterocycles. The van der Waals surface area contributed by atoms with Crippen molar-refractivity contribution in [2.45, 2.75) is 18.0 Å². The molecule has 0 amide bonds. The summed E-state index contributed by atoms with van der Waals surface area (Å²) in [6.45, 7) is 1.34. The van der Waals surface area contributed by atoms with E-state index < -0.39 is 38.2 Å². The first-order valence-electron chi connectivity index (χ1n) is 6.02. The molecule has 0 radical (unpaired) electrons. The molecule has 0 bridgehead atoms. The Kier molecular flexibility index (Phi) is 4.33. The van der Waals surface area contributed by atoms with Crippen molar-refractivity contribution in [2.75, 3.05) is 4.72 Å². The van der Waals surface area contributed by atoms with Crippen LogP contribution in [0.25, 0.3) is 0 Å². The monoisotopic (exact) mass is 371 g/mol. The zero-order chi connectivity index (χ0) is 17.6. The molecular weight excluding hydrogens is 362 g/mol. The van der Waals surface area contributed by atoms with Gasteiger partial charge in [-0.15, -0.1) is 0 Å². The molecule has 5 nitrogen and oxygen atoms in total. The number of hydrogen-bond donors (Lipinski definition) is 1. The molecule has 2 aromatic rings. The molecule has 0 fully saturated rings. The van der Waals surface area contributed by atoms with Gasteiger partial charge in [-0.2, -0.15) is 18.3 Å². The molecule has 2 rings (SSSR count). The average molecular weight is 372 g/mol. The third kappa shape index (κ3) is 3.42. The summed E-state index contributed by atoms with van der Waals surface area (Å²) in [7, 11) is -3.05. The minimum absolute atomic E-state index is 0.0145. The summed E-state index contributed by atoms with van der Waals surface area (Å²) in [5.74, 6) is -1.14. The van der Waals surface area contributed by atoms with E-state index in [1.165, 1.54) is 14.0 Å². The number of nitrogens with one attached hydrogen (secondary N) is 1. The Bertz CT molecular complexity index is 862. The maximum absolute atomic E-state index is 13.1. The normalized spacial score (nSPS) is 12.5. The molecule has 1 heterocycles. The Hall–Kier alpha value is -1.81. The lowest BCUT2D eigenvalue weighted by molar-refractivity contribution is -0.137. The molecule has 0 aliphatic carbocycles. The molecule has 0 atom stereocenters. The van der Waals surface area contributed by atoms with Crippen LogP contribution in [-0.4, -0.2) is 18.2 Å². The van der Waals surface area contributed by atoms with Gasteiger partial charge in [0.25, 0.3) is 10.0 Å². The van der Waals surface area contributed by atoms with Crippen molar-refractivity contribution in [1.29, 1.82) is 0 Å². The van der Waals surface area contributed by atoms with Crippen LogP contribution >= 0.6 is 11.6 Å². The molecule has 1 aromatic heterocycles. The molecule has 126 valence electrons. The average Bonchev–Trinajstić information content (AvgIpc) is 2.64. The number of benzene rings is 1. The molecule has 11 heteroatoms. The predicted octanol–water partition coefficient (Wildman–Crippen LogP) is 3.34. The fourth-order valence-corrected chi connectivity index (χ4v) is 3.78. The van der Waals surface area contributed by atoms with Crippen molar-refractivity contribution < 1.29 is 26.0 Å². The highest BCUT2D eigenvalue weighted by atomic mass is 35.5. The van der Waals surface area contributed by atoms with Crippen LogP contribution in [0.15, 0.2) is 23.1 Å². The Morgan fingerprint density at radius 1 is 1.30 bits per heavy atom. The van der Waals surface area contributed by atoms with Gasteiger partial charge in [-0.05, 0) is 25.1 Å². The molecule has 0 aliphatic heterocycles. The molecule has 0 aliphatic rings. The van der Waals surface area contributed by atoms with E-state index in [4.69, 9.17) is 11.6 Å². The van der Waals surface area contributed by atoms with E-state index >= 15 is 0 Å². The van der Waals surface area contributed by atoms with E-state index in [9.17, 15) is 26.0 Å². The van der Waals surface area contributed by atoms with Crippen LogP contribution in [0.4, 0.5) is 23.2 Å². The van der Waals surface area contributed by atoms with Gasteiger partial charge >= 0.3 is 6.18 Å². The number of alkyl halides is 3. The second kappa shape index (κ2) is 5.68. The molecule has 0 unspecified atom stereocenters. The number of rotatable bonds is 3. The Balaban J connectivity index is 2.55. The van der Waals surface area contributed by atoms with Gasteiger partial charge in [-0.3, -0.25) is 9.40 Å². The number of anilines is 1. The van der Waals surface area contributed by atoms with Gasteiger partial charge in [-0.25, -0.2) is 12.8 Å². The summed E-state index contributed by atoms with van der Waals surface area (Å²) in [5, 5.41) is 3.53. The first kappa shape index (κ1) is 17.5. The third-order valence-corrected chi connectivity index (χ3v) is 4.96. The molecule has 0 saturated carbocycles. The van der Waals surface area contributed by atoms with Gasteiger partial charge in [0, 0.05) is 7.05 Å². The smallest absolute Gasteiger partial charge is 0.279 e. The third-order valence-electron chi connectivity index (χ3n) is 2.90. The largest absolute Gasteiger partial charge is 0.418 e. The summed E-state index contributed by atoms with van der Waals surface area (Å²) >= 11 is 5.82. The van der Waals surface area contributed by atoms with Gasteiger partial charge in [0.1, 0.15) is 15.9 Å². The highest BCUT2D eigenvalue weighted by molar-refractivity contribution is 7.92. The zero-order valence-electron chi connectivity index (χ0n) is 11.7. The van der Waals surface area contributed by atoms with Crippen LogP contribution < -0.4 is 4.72 Å². The Morgan fingerprint density at radius 2 is 1.91 bits per heavy atom. The number of hydrogen-bond acceptors (Lipinski definition) is 3. The van der Waals surface area contributed by atoms with Gasteiger partial charge in [0.2, 0.25) is 0 Å². The quantitative estimate of drug-likeness (QED) is 0.842. The standard InChI is InChI=1S/C12H10ClF4N3O2S/c1-6-10(11(13)20(2)18-6)23(21,22)19-9-4-3-7(14)5-8(9)12(15,16)17/h3-5,19H,1-2H3. The van der Waals surface area contributed by atoms with Crippen LogP contribution in [0.2, 0.25) is 5.15 Å². The molecule has 1 aromatic carbocycles. The number of aryl methyl sites for hydroxylation is 2. The zero-order valence-corrected chi connectivity index (χ0v) is 13.3. The topological polar surface area (TPSA) is 64.0 Å². The lowest BCUT2D eigenvalue weighted by atomic mass is 10.2. The van der Waals surface area contributed by atoms with E-state index in [1.807, 2.05) is 0 Å².